The van der Waals surface area contributed by atoms with Crippen LogP contribution in [0.2, 0.25) is 0 Å². The molecule has 0 spiro atoms. The van der Waals surface area contributed by atoms with Crippen molar-refractivity contribution in [2.24, 2.45) is 23.7 Å². The molecule has 0 bridgehead atoms. The second-order valence-corrected chi connectivity index (χ2v) is 11.8. The number of carbonyl (C=O) groups is 3. The largest absolute Gasteiger partial charge is 0.460 e. The molecule has 10 heteroatoms. The highest BCUT2D eigenvalue weighted by atomic mass is 16.7. The smallest absolute Gasteiger partial charge is 0.410 e. The Morgan fingerprint density at radius 2 is 1.31 bits per heavy atom. The van der Waals surface area contributed by atoms with Crippen LogP contribution in [0.3, 0.4) is 0 Å². The van der Waals surface area contributed by atoms with Crippen LogP contribution in [0.5, 0.6) is 0 Å². The first kappa shape index (κ1) is 29.2. The van der Waals surface area contributed by atoms with Gasteiger partial charge in [0.2, 0.25) is 5.79 Å². The van der Waals surface area contributed by atoms with Crippen LogP contribution in [-0.4, -0.2) is 89.4 Å². The van der Waals surface area contributed by atoms with Crippen molar-refractivity contribution in [3.8, 4) is 0 Å². The normalized spacial score (nSPS) is 26.9. The number of hydrogen-bond donors (Lipinski definition) is 1. The molecule has 0 aromatic carbocycles. The summed E-state index contributed by atoms with van der Waals surface area (Å²) in [6, 6.07) is 0. The predicted molar refractivity (Wildman–Crippen MR) is 128 cm³/mol. The highest BCUT2D eigenvalue weighted by Gasteiger charge is 2.49. The van der Waals surface area contributed by atoms with E-state index < -0.39 is 47.0 Å². The summed E-state index contributed by atoms with van der Waals surface area (Å²) in [5, 5.41) is 11.4. The minimum Gasteiger partial charge on any atom is -0.460 e. The number of amides is 2. The molecule has 10 nitrogen and oxygen atoms in total. The van der Waals surface area contributed by atoms with Gasteiger partial charge in [-0.3, -0.25) is 4.79 Å². The van der Waals surface area contributed by atoms with Gasteiger partial charge in [-0.2, -0.15) is 0 Å². The molecule has 2 aliphatic heterocycles. The number of carbonyl (C=O) groups excluding carboxylic acids is 3. The van der Waals surface area contributed by atoms with E-state index in [-0.39, 0.29) is 38.1 Å². The Labute approximate surface area is 209 Å². The Balaban J connectivity index is 2.02. The van der Waals surface area contributed by atoms with E-state index >= 15 is 0 Å². The van der Waals surface area contributed by atoms with Gasteiger partial charge in [-0.05, 0) is 60.3 Å². The lowest BCUT2D eigenvalue weighted by atomic mass is 9.89. The molecule has 2 heterocycles. The van der Waals surface area contributed by atoms with Crippen LogP contribution in [0.4, 0.5) is 9.59 Å². The highest BCUT2D eigenvalue weighted by Crippen LogP contribution is 2.35. The van der Waals surface area contributed by atoms with E-state index in [2.05, 4.69) is 0 Å². The summed E-state index contributed by atoms with van der Waals surface area (Å²) < 4.78 is 22.1. The Morgan fingerprint density at radius 1 is 0.829 bits per heavy atom. The molecule has 5 atom stereocenters. The lowest BCUT2D eigenvalue weighted by molar-refractivity contribution is -0.261. The molecule has 0 saturated carbocycles. The number of rotatable bonds is 6. The number of esters is 1. The van der Waals surface area contributed by atoms with Crippen LogP contribution in [-0.2, 0) is 23.7 Å². The van der Waals surface area contributed by atoms with Gasteiger partial charge >= 0.3 is 18.2 Å². The van der Waals surface area contributed by atoms with E-state index in [0.29, 0.717) is 13.1 Å². The maximum atomic E-state index is 12.9. The van der Waals surface area contributed by atoms with Crippen molar-refractivity contribution in [2.75, 3.05) is 39.4 Å². The third kappa shape index (κ3) is 7.96. The predicted octanol–water partition coefficient (Wildman–Crippen LogP) is 3.26. The zero-order valence-corrected chi connectivity index (χ0v) is 22.8. The van der Waals surface area contributed by atoms with E-state index in [1.807, 2.05) is 13.8 Å². The fraction of sp³-hybridized carbons (Fsp3) is 0.880. The molecule has 0 radical (unpaired) electrons. The number of ether oxygens (including phenoxy) is 4. The van der Waals surface area contributed by atoms with Gasteiger partial charge < -0.3 is 33.9 Å². The van der Waals surface area contributed by atoms with Gasteiger partial charge in [0, 0.05) is 38.7 Å². The van der Waals surface area contributed by atoms with Crippen molar-refractivity contribution in [3.05, 3.63) is 0 Å². The lowest BCUT2D eigenvalue weighted by Crippen LogP contribution is -2.49. The Morgan fingerprint density at radius 3 is 1.80 bits per heavy atom. The Hall–Kier alpha value is -2.07. The third-order valence-electron chi connectivity index (χ3n) is 6.23. The monoisotopic (exact) mass is 500 g/mol. The zero-order chi connectivity index (χ0) is 26.8. The van der Waals surface area contributed by atoms with Gasteiger partial charge in [0.05, 0.1) is 5.92 Å². The lowest BCUT2D eigenvalue weighted by Gasteiger charge is -2.35. The fourth-order valence-electron chi connectivity index (χ4n) is 4.57. The summed E-state index contributed by atoms with van der Waals surface area (Å²) >= 11 is 0. The van der Waals surface area contributed by atoms with Crippen LogP contribution in [0, 0.1) is 23.7 Å². The van der Waals surface area contributed by atoms with Gasteiger partial charge in [-0.25, -0.2) is 9.59 Å². The van der Waals surface area contributed by atoms with Crippen molar-refractivity contribution in [3.63, 3.8) is 0 Å². The van der Waals surface area contributed by atoms with Crippen molar-refractivity contribution in [1.29, 1.82) is 0 Å². The van der Waals surface area contributed by atoms with Crippen LogP contribution in [0.25, 0.3) is 0 Å². The summed E-state index contributed by atoms with van der Waals surface area (Å²) in [6.07, 6.45) is -0.919. The third-order valence-corrected chi connectivity index (χ3v) is 6.23. The molecule has 2 rings (SSSR count). The van der Waals surface area contributed by atoms with E-state index in [4.69, 9.17) is 18.9 Å². The van der Waals surface area contributed by atoms with Crippen LogP contribution >= 0.6 is 0 Å². The van der Waals surface area contributed by atoms with Gasteiger partial charge in [0.1, 0.15) is 17.8 Å². The molecule has 2 fully saturated rings. The summed E-state index contributed by atoms with van der Waals surface area (Å²) in [5.41, 5.74) is -1.26. The average Bonchev–Trinajstić information content (AvgIpc) is 3.27. The minimum absolute atomic E-state index is 0.106. The summed E-state index contributed by atoms with van der Waals surface area (Å²) in [7, 11) is 0. The molecular formula is C25H44N2O8. The van der Waals surface area contributed by atoms with Gasteiger partial charge in [0.25, 0.3) is 0 Å². The van der Waals surface area contributed by atoms with Gasteiger partial charge in [-0.1, -0.05) is 13.8 Å². The van der Waals surface area contributed by atoms with Crippen molar-refractivity contribution in [2.45, 2.75) is 79.3 Å². The molecule has 1 unspecified atom stereocenters. The van der Waals surface area contributed by atoms with E-state index in [1.165, 1.54) is 4.90 Å². The number of aliphatic hydroxyl groups is 1. The Kier molecular flexibility index (Phi) is 9.08. The standard InChI is InChI=1S/C25H44N2O8/c1-10-33-25(31,19-14-27(12-17(19)3)22(30)35-24(7,8)9)15-32-20(28)18-13-26(11-16(18)2)21(29)34-23(4,5)6/h16-19,31H,10-15H2,1-9H3/t16-,17-,18-,19-,25?/m1/s1. The molecule has 1 N–H and O–H groups in total. The van der Waals surface area contributed by atoms with Crippen molar-refractivity contribution in [1.82, 2.24) is 9.80 Å². The van der Waals surface area contributed by atoms with E-state index in [1.54, 1.807) is 53.4 Å². The zero-order valence-electron chi connectivity index (χ0n) is 22.8. The first-order chi connectivity index (χ1) is 16.0. The average molecular weight is 501 g/mol. The van der Waals surface area contributed by atoms with Crippen LogP contribution in [0.15, 0.2) is 0 Å². The van der Waals surface area contributed by atoms with E-state index in [9.17, 15) is 19.5 Å². The summed E-state index contributed by atoms with van der Waals surface area (Å²) in [6.45, 7) is 17.3. The van der Waals surface area contributed by atoms with Crippen molar-refractivity contribution < 1.29 is 38.4 Å². The number of hydrogen-bond acceptors (Lipinski definition) is 8. The summed E-state index contributed by atoms with van der Waals surface area (Å²) in [5.74, 6) is -3.49. The maximum absolute atomic E-state index is 12.9. The maximum Gasteiger partial charge on any atom is 0.410 e. The molecule has 2 amide bonds. The first-order valence-electron chi connectivity index (χ1n) is 12.4. The molecule has 0 aromatic rings. The first-order valence-corrected chi connectivity index (χ1v) is 12.4. The van der Waals surface area contributed by atoms with Crippen molar-refractivity contribution >= 4 is 18.2 Å². The van der Waals surface area contributed by atoms with Crippen LogP contribution < -0.4 is 0 Å². The van der Waals surface area contributed by atoms with Crippen LogP contribution in [0.1, 0.15) is 62.3 Å². The Bertz CT molecular complexity index is 774. The van der Waals surface area contributed by atoms with Gasteiger partial charge in [0.15, 0.2) is 0 Å². The molecule has 202 valence electrons. The molecule has 0 aliphatic carbocycles. The second-order valence-electron chi connectivity index (χ2n) is 11.8. The summed E-state index contributed by atoms with van der Waals surface area (Å²) in [4.78, 5) is 40.9. The number of likely N-dealkylation sites (tertiary alicyclic amines) is 2. The molecule has 2 saturated heterocycles. The second kappa shape index (κ2) is 10.9. The molecular weight excluding hydrogens is 456 g/mol. The fourth-order valence-corrected chi connectivity index (χ4v) is 4.57. The SMILES string of the molecule is CCOC(O)(COC(=O)[C@@H]1CN(C(=O)OC(C)(C)C)C[C@H]1C)[C@@H]1CN(C(=O)OC(C)(C)C)C[C@H]1C. The molecule has 2 aliphatic rings. The van der Waals surface area contributed by atoms with E-state index in [0.717, 1.165) is 0 Å². The molecule has 35 heavy (non-hydrogen) atoms. The minimum atomic E-state index is -1.76. The molecule has 0 aromatic heterocycles. The van der Waals surface area contributed by atoms with Gasteiger partial charge in [-0.15, -0.1) is 0 Å². The quantitative estimate of drug-likeness (QED) is 0.336. The highest BCUT2D eigenvalue weighted by molar-refractivity contribution is 5.76. The topological polar surface area (TPSA) is 115 Å². The number of nitrogens with zero attached hydrogens (tertiary/aromatic N) is 2.